The molecule has 0 heterocycles. The minimum Gasteiger partial charge on any atom is -0.496 e. The van der Waals surface area contributed by atoms with Gasteiger partial charge in [-0.05, 0) is 60.5 Å². The van der Waals surface area contributed by atoms with Crippen molar-refractivity contribution in [3.63, 3.8) is 0 Å². The summed E-state index contributed by atoms with van der Waals surface area (Å²) < 4.78 is 5.64. The van der Waals surface area contributed by atoms with Crippen molar-refractivity contribution in [3.8, 4) is 0 Å². The number of hydrogen-bond acceptors (Lipinski definition) is 3. The van der Waals surface area contributed by atoms with E-state index in [-0.39, 0.29) is 0 Å². The van der Waals surface area contributed by atoms with Crippen LogP contribution in [0.2, 0.25) is 0 Å². The zero-order valence-corrected chi connectivity index (χ0v) is 18.0. The summed E-state index contributed by atoms with van der Waals surface area (Å²) in [5.74, 6) is 0. The van der Waals surface area contributed by atoms with Crippen molar-refractivity contribution in [2.75, 3.05) is 4.90 Å². The Morgan fingerprint density at radius 3 is 2.00 bits per heavy atom. The molecule has 3 nitrogen and oxygen atoms in total. The number of anilines is 3. The van der Waals surface area contributed by atoms with Crippen molar-refractivity contribution in [2.24, 2.45) is 0 Å². The maximum Gasteiger partial charge on any atom is 0.150 e. The molecule has 0 fully saturated rings. The Labute approximate surface area is 189 Å². The molecule has 0 bridgehead atoms. The van der Waals surface area contributed by atoms with Crippen LogP contribution in [0.25, 0.3) is 6.08 Å². The Kier molecular flexibility index (Phi) is 6.78. The quantitative estimate of drug-likeness (QED) is 0.219. The SMILES string of the molecule is Cc1ccc(N(c2ccccc2)c2ccc(C=COCc3ccccc3C=O)cc2)cc1. The lowest BCUT2D eigenvalue weighted by Crippen LogP contribution is -2.09. The third kappa shape index (κ3) is 5.13. The van der Waals surface area contributed by atoms with Gasteiger partial charge in [-0.25, -0.2) is 0 Å². The zero-order valence-electron chi connectivity index (χ0n) is 18.0. The Morgan fingerprint density at radius 1 is 0.719 bits per heavy atom. The summed E-state index contributed by atoms with van der Waals surface area (Å²) in [5.41, 5.74) is 7.10. The third-order valence-electron chi connectivity index (χ3n) is 5.24. The van der Waals surface area contributed by atoms with Crippen LogP contribution in [0.1, 0.15) is 27.0 Å². The topological polar surface area (TPSA) is 29.5 Å². The van der Waals surface area contributed by atoms with Gasteiger partial charge < -0.3 is 9.64 Å². The summed E-state index contributed by atoms with van der Waals surface area (Å²) in [6.07, 6.45) is 4.45. The van der Waals surface area contributed by atoms with Crippen molar-refractivity contribution < 1.29 is 9.53 Å². The van der Waals surface area contributed by atoms with Gasteiger partial charge in [-0.15, -0.1) is 0 Å². The van der Waals surface area contributed by atoms with Gasteiger partial charge in [-0.2, -0.15) is 0 Å². The van der Waals surface area contributed by atoms with Gasteiger partial charge in [0.25, 0.3) is 0 Å². The van der Waals surface area contributed by atoms with Crippen LogP contribution in [0.15, 0.2) is 109 Å². The fourth-order valence-electron chi connectivity index (χ4n) is 3.50. The standard InChI is InChI=1S/C29H25NO2/c1-23-11-15-28(16-12-23)30(27-9-3-2-4-10-27)29-17-13-24(14-18-29)19-20-32-22-26-8-6-5-7-25(26)21-31/h2-21H,22H2,1H3. The highest BCUT2D eigenvalue weighted by Crippen LogP contribution is 2.34. The minimum atomic E-state index is 0.360. The molecule has 158 valence electrons. The first-order valence-corrected chi connectivity index (χ1v) is 10.6. The zero-order chi connectivity index (χ0) is 22.2. The molecule has 0 radical (unpaired) electrons. The number of aryl methyl sites for hydroxylation is 1. The molecule has 0 aliphatic carbocycles. The predicted molar refractivity (Wildman–Crippen MR) is 132 cm³/mol. The van der Waals surface area contributed by atoms with Gasteiger partial charge >= 0.3 is 0 Å². The van der Waals surface area contributed by atoms with Crippen molar-refractivity contribution in [2.45, 2.75) is 13.5 Å². The van der Waals surface area contributed by atoms with Gasteiger partial charge in [0.2, 0.25) is 0 Å². The van der Waals surface area contributed by atoms with E-state index < -0.39 is 0 Å². The number of ether oxygens (including phenoxy) is 1. The second kappa shape index (κ2) is 10.3. The van der Waals surface area contributed by atoms with Crippen LogP contribution in [0.4, 0.5) is 17.1 Å². The molecule has 0 unspecified atom stereocenters. The fraction of sp³-hybridized carbons (Fsp3) is 0.0690. The Morgan fingerprint density at radius 2 is 1.31 bits per heavy atom. The van der Waals surface area contributed by atoms with Gasteiger partial charge in [0.1, 0.15) is 12.9 Å². The minimum absolute atomic E-state index is 0.360. The molecule has 0 N–H and O–H groups in total. The molecule has 0 amide bonds. The molecule has 0 saturated heterocycles. The first-order chi connectivity index (χ1) is 15.7. The average Bonchev–Trinajstić information content (AvgIpc) is 2.85. The summed E-state index contributed by atoms with van der Waals surface area (Å²) in [6.45, 7) is 2.45. The van der Waals surface area contributed by atoms with E-state index in [1.807, 2.05) is 42.5 Å². The maximum absolute atomic E-state index is 11.1. The number of rotatable bonds is 8. The normalized spacial score (nSPS) is 10.8. The van der Waals surface area contributed by atoms with Gasteiger partial charge in [0.05, 0.1) is 6.26 Å². The van der Waals surface area contributed by atoms with Crippen LogP contribution in [0.3, 0.4) is 0 Å². The monoisotopic (exact) mass is 419 g/mol. The van der Waals surface area contributed by atoms with E-state index in [0.717, 1.165) is 34.5 Å². The lowest BCUT2D eigenvalue weighted by molar-refractivity contribution is 0.112. The lowest BCUT2D eigenvalue weighted by atomic mass is 10.1. The number of hydrogen-bond donors (Lipinski definition) is 0. The summed E-state index contributed by atoms with van der Waals surface area (Å²) in [4.78, 5) is 13.3. The molecule has 0 spiro atoms. The number of para-hydroxylation sites is 1. The number of carbonyl (C=O) groups is 1. The molecule has 32 heavy (non-hydrogen) atoms. The molecular weight excluding hydrogens is 394 g/mol. The predicted octanol–water partition coefficient (Wildman–Crippen LogP) is 7.46. The lowest BCUT2D eigenvalue weighted by Gasteiger charge is -2.25. The van der Waals surface area contributed by atoms with Crippen LogP contribution >= 0.6 is 0 Å². The van der Waals surface area contributed by atoms with Gasteiger partial charge in [0.15, 0.2) is 0 Å². The molecule has 4 aromatic carbocycles. The molecule has 0 aliphatic heterocycles. The van der Waals surface area contributed by atoms with Crippen molar-refractivity contribution >= 4 is 29.4 Å². The smallest absolute Gasteiger partial charge is 0.150 e. The second-order valence-corrected chi connectivity index (χ2v) is 7.53. The van der Waals surface area contributed by atoms with Crippen LogP contribution in [-0.2, 0) is 11.3 Å². The highest BCUT2D eigenvalue weighted by Gasteiger charge is 2.11. The Balaban J connectivity index is 1.50. The Bertz CT molecular complexity index is 1180. The van der Waals surface area contributed by atoms with Crippen LogP contribution < -0.4 is 4.90 Å². The average molecular weight is 420 g/mol. The van der Waals surface area contributed by atoms with E-state index in [1.165, 1.54) is 5.56 Å². The molecule has 0 atom stereocenters. The molecule has 0 aliphatic rings. The fourth-order valence-corrected chi connectivity index (χ4v) is 3.50. The maximum atomic E-state index is 11.1. The van der Waals surface area contributed by atoms with Crippen molar-refractivity contribution in [1.82, 2.24) is 0 Å². The largest absolute Gasteiger partial charge is 0.496 e. The van der Waals surface area contributed by atoms with Crippen molar-refractivity contribution in [3.05, 3.63) is 132 Å². The number of aldehydes is 1. The second-order valence-electron chi connectivity index (χ2n) is 7.53. The number of benzene rings is 4. The molecule has 4 aromatic rings. The summed E-state index contributed by atoms with van der Waals surface area (Å²) in [6, 6.07) is 34.7. The molecule has 0 saturated carbocycles. The van der Waals surface area contributed by atoms with Crippen LogP contribution in [-0.4, -0.2) is 6.29 Å². The number of nitrogens with zero attached hydrogens (tertiary/aromatic N) is 1. The molecule has 0 aromatic heterocycles. The van der Waals surface area contributed by atoms with E-state index in [1.54, 1.807) is 12.3 Å². The van der Waals surface area contributed by atoms with Gasteiger partial charge in [0, 0.05) is 22.6 Å². The summed E-state index contributed by atoms with van der Waals surface area (Å²) >= 11 is 0. The Hall–Kier alpha value is -4.11. The molecular formula is C29H25NO2. The van der Waals surface area contributed by atoms with Gasteiger partial charge in [-0.1, -0.05) is 72.3 Å². The summed E-state index contributed by atoms with van der Waals surface area (Å²) in [5, 5.41) is 0. The van der Waals surface area contributed by atoms with E-state index in [2.05, 4.69) is 72.5 Å². The van der Waals surface area contributed by atoms with Crippen LogP contribution in [0, 0.1) is 6.92 Å². The third-order valence-corrected chi connectivity index (χ3v) is 5.24. The van der Waals surface area contributed by atoms with Crippen molar-refractivity contribution in [1.29, 1.82) is 0 Å². The van der Waals surface area contributed by atoms with E-state index in [0.29, 0.717) is 12.2 Å². The van der Waals surface area contributed by atoms with Gasteiger partial charge in [-0.3, -0.25) is 4.79 Å². The highest BCUT2D eigenvalue weighted by molar-refractivity contribution is 5.77. The van der Waals surface area contributed by atoms with E-state index in [9.17, 15) is 4.79 Å². The first-order valence-electron chi connectivity index (χ1n) is 10.6. The van der Waals surface area contributed by atoms with E-state index in [4.69, 9.17) is 4.74 Å². The first kappa shape index (κ1) is 21.1. The number of carbonyl (C=O) groups excluding carboxylic acids is 1. The molecule has 3 heteroatoms. The van der Waals surface area contributed by atoms with Crippen LogP contribution in [0.5, 0.6) is 0 Å². The van der Waals surface area contributed by atoms with E-state index >= 15 is 0 Å². The molecule has 4 rings (SSSR count). The summed E-state index contributed by atoms with van der Waals surface area (Å²) in [7, 11) is 0. The highest BCUT2D eigenvalue weighted by atomic mass is 16.5.